The minimum absolute atomic E-state index is 0.0176. The van der Waals surface area contributed by atoms with Gasteiger partial charge in [0, 0.05) is 56.4 Å². The molecule has 0 unspecified atom stereocenters. The highest BCUT2D eigenvalue weighted by Crippen LogP contribution is 2.42. The summed E-state index contributed by atoms with van der Waals surface area (Å²) in [5, 5.41) is 15.4. The highest BCUT2D eigenvalue weighted by atomic mass is 19.1. The number of nitrogens with zero attached hydrogens (tertiary/aromatic N) is 5. The zero-order chi connectivity index (χ0) is 33.9. The maximum Gasteiger partial charge on any atom is 0.319 e. The van der Waals surface area contributed by atoms with E-state index < -0.39 is 23.3 Å². The van der Waals surface area contributed by atoms with E-state index in [-0.39, 0.29) is 57.7 Å². The second-order valence-electron chi connectivity index (χ2n) is 13.9. The van der Waals surface area contributed by atoms with Gasteiger partial charge in [-0.2, -0.15) is 9.97 Å². The molecule has 6 heterocycles. The molecule has 0 saturated carbocycles. The second kappa shape index (κ2) is 12.3. The average molecular weight is 673 g/mol. The smallest absolute Gasteiger partial charge is 0.319 e. The summed E-state index contributed by atoms with van der Waals surface area (Å²) in [6.07, 6.45) is 11.2. The maximum absolute atomic E-state index is 17.0. The SMILES string of the molecule is C#Cc1c(F)ccc2cc(O)cc(-c3ncc4c(N5CCN[C@@](CC)([C@H]6CCCO6)C5)nc(OC[C@@]56CCCN5C[C@H](F)C6)nc4c3F)c12. The number of nitrogens with one attached hydrogen (secondary N) is 1. The molecule has 0 radical (unpaired) electrons. The Hall–Kier alpha value is -4.18. The van der Waals surface area contributed by atoms with Crippen LogP contribution in [0.5, 0.6) is 11.8 Å². The van der Waals surface area contributed by atoms with Crippen LogP contribution in [0.25, 0.3) is 32.9 Å². The lowest BCUT2D eigenvalue weighted by molar-refractivity contribution is 0.0230. The van der Waals surface area contributed by atoms with Gasteiger partial charge in [0.2, 0.25) is 0 Å². The summed E-state index contributed by atoms with van der Waals surface area (Å²) in [4.78, 5) is 18.3. The number of rotatable bonds is 7. The summed E-state index contributed by atoms with van der Waals surface area (Å²) in [7, 11) is 0. The lowest BCUT2D eigenvalue weighted by Crippen LogP contribution is -2.66. The number of hydrogen-bond acceptors (Lipinski definition) is 9. The summed E-state index contributed by atoms with van der Waals surface area (Å²) in [6.45, 7) is 6.02. The fraction of sp³-hybridized carbons (Fsp3) is 0.486. The van der Waals surface area contributed by atoms with Crippen molar-refractivity contribution < 1.29 is 27.8 Å². The number of fused-ring (bicyclic) bond motifs is 3. The van der Waals surface area contributed by atoms with Crippen LogP contribution in [-0.2, 0) is 4.74 Å². The molecular weight excluding hydrogens is 633 g/mol. The van der Waals surface area contributed by atoms with Crippen molar-refractivity contribution >= 4 is 27.5 Å². The van der Waals surface area contributed by atoms with Crippen molar-refractivity contribution in [1.29, 1.82) is 0 Å². The predicted octanol–water partition coefficient (Wildman–Crippen LogP) is 5.50. The van der Waals surface area contributed by atoms with Crippen molar-refractivity contribution in [2.24, 2.45) is 0 Å². The Kier molecular flexibility index (Phi) is 8.05. The number of aromatic hydroxyl groups is 1. The van der Waals surface area contributed by atoms with Crippen LogP contribution in [0, 0.1) is 24.0 Å². The third-order valence-corrected chi connectivity index (χ3v) is 11.1. The summed E-state index contributed by atoms with van der Waals surface area (Å²) in [5.74, 6) is 1.27. The van der Waals surface area contributed by atoms with Gasteiger partial charge in [-0.25, -0.2) is 13.2 Å². The molecule has 0 aliphatic carbocycles. The van der Waals surface area contributed by atoms with Crippen molar-refractivity contribution in [1.82, 2.24) is 25.2 Å². The molecule has 0 spiro atoms. The molecule has 256 valence electrons. The molecule has 2 N–H and O–H groups in total. The van der Waals surface area contributed by atoms with Crippen LogP contribution in [0.4, 0.5) is 19.0 Å². The van der Waals surface area contributed by atoms with Gasteiger partial charge >= 0.3 is 6.01 Å². The molecule has 0 amide bonds. The van der Waals surface area contributed by atoms with E-state index in [0.29, 0.717) is 55.8 Å². The van der Waals surface area contributed by atoms with Gasteiger partial charge in [-0.3, -0.25) is 9.88 Å². The minimum Gasteiger partial charge on any atom is -0.508 e. The number of phenols is 1. The first-order chi connectivity index (χ1) is 23.7. The highest BCUT2D eigenvalue weighted by Gasteiger charge is 2.49. The largest absolute Gasteiger partial charge is 0.508 e. The number of anilines is 1. The number of benzene rings is 2. The van der Waals surface area contributed by atoms with E-state index in [2.05, 4.69) is 37.9 Å². The van der Waals surface area contributed by atoms with Crippen LogP contribution in [-0.4, -0.2) is 94.2 Å². The molecule has 4 aromatic rings. The van der Waals surface area contributed by atoms with E-state index in [1.165, 1.54) is 30.5 Å². The lowest BCUT2D eigenvalue weighted by atomic mass is 9.85. The molecule has 0 bridgehead atoms. The number of hydrogen-bond donors (Lipinski definition) is 2. The first kappa shape index (κ1) is 32.0. The maximum atomic E-state index is 17.0. The highest BCUT2D eigenvalue weighted by molar-refractivity contribution is 6.03. The van der Waals surface area contributed by atoms with Gasteiger partial charge in [0.25, 0.3) is 0 Å². The molecule has 2 aromatic heterocycles. The molecule has 12 heteroatoms. The van der Waals surface area contributed by atoms with Crippen LogP contribution in [0.15, 0.2) is 30.5 Å². The normalized spacial score (nSPS) is 27.2. The van der Waals surface area contributed by atoms with Crippen LogP contribution >= 0.6 is 0 Å². The fourth-order valence-electron chi connectivity index (χ4n) is 8.71. The molecular formula is C37H39F3N6O3. The minimum atomic E-state index is -0.932. The number of piperazine rings is 1. The van der Waals surface area contributed by atoms with Crippen LogP contribution < -0.4 is 15.0 Å². The Morgan fingerprint density at radius 3 is 2.88 bits per heavy atom. The van der Waals surface area contributed by atoms with Crippen molar-refractivity contribution in [3.8, 4) is 35.4 Å². The van der Waals surface area contributed by atoms with Gasteiger partial charge in [0.1, 0.15) is 41.4 Å². The van der Waals surface area contributed by atoms with Crippen molar-refractivity contribution in [3.63, 3.8) is 0 Å². The van der Waals surface area contributed by atoms with Crippen molar-refractivity contribution in [2.45, 2.75) is 68.8 Å². The number of terminal acetylenes is 1. The molecule has 2 aromatic carbocycles. The number of halogens is 3. The fourth-order valence-corrected chi connectivity index (χ4v) is 8.71. The number of phenolic OH excluding ortho intramolecular Hbond substituents is 1. The first-order valence-corrected chi connectivity index (χ1v) is 17.2. The Bertz CT molecular complexity index is 1980. The number of alkyl halides is 1. The van der Waals surface area contributed by atoms with E-state index in [9.17, 15) is 13.9 Å². The van der Waals surface area contributed by atoms with E-state index in [1.807, 2.05) is 0 Å². The molecule has 4 aliphatic heterocycles. The number of aromatic nitrogens is 3. The van der Waals surface area contributed by atoms with Gasteiger partial charge in [0.05, 0.1) is 28.1 Å². The molecule has 49 heavy (non-hydrogen) atoms. The van der Waals surface area contributed by atoms with E-state index >= 15 is 4.39 Å². The summed E-state index contributed by atoms with van der Waals surface area (Å²) < 4.78 is 59.0. The lowest BCUT2D eigenvalue weighted by Gasteiger charge is -2.47. The zero-order valence-corrected chi connectivity index (χ0v) is 27.4. The first-order valence-electron chi connectivity index (χ1n) is 17.2. The topological polar surface area (TPSA) is 95.9 Å². The van der Waals surface area contributed by atoms with E-state index in [4.69, 9.17) is 20.9 Å². The van der Waals surface area contributed by atoms with Gasteiger partial charge in [-0.05, 0) is 62.2 Å². The van der Waals surface area contributed by atoms with E-state index in [1.54, 1.807) is 0 Å². The molecule has 8 rings (SSSR count). The molecule has 4 saturated heterocycles. The van der Waals surface area contributed by atoms with Crippen LogP contribution in [0.3, 0.4) is 0 Å². The Morgan fingerprint density at radius 1 is 1.20 bits per heavy atom. The van der Waals surface area contributed by atoms with Crippen LogP contribution in [0.2, 0.25) is 0 Å². The molecule has 9 nitrogen and oxygen atoms in total. The molecule has 4 aliphatic rings. The quantitative estimate of drug-likeness (QED) is 0.247. The van der Waals surface area contributed by atoms with Crippen molar-refractivity contribution in [3.05, 3.63) is 47.7 Å². The van der Waals surface area contributed by atoms with Gasteiger partial charge in [-0.1, -0.05) is 18.9 Å². The summed E-state index contributed by atoms with van der Waals surface area (Å²) in [6, 6.07) is 5.45. The van der Waals surface area contributed by atoms with Gasteiger partial charge in [0.15, 0.2) is 5.82 Å². The third kappa shape index (κ3) is 5.34. The van der Waals surface area contributed by atoms with Crippen molar-refractivity contribution in [2.75, 3.05) is 50.8 Å². The van der Waals surface area contributed by atoms with Crippen LogP contribution in [0.1, 0.15) is 51.0 Å². The molecule has 4 atom stereocenters. The standard InChI is InChI=1S/C37H39F3N6O3/c1-3-25-28(39)9-8-22-15-24(47)16-26(30(22)25)32-31(40)33-27(18-41-32)34(45-13-11-42-37(4-2,20-45)29-7-5-14-48-29)44-35(43-33)49-21-36-10-6-12-46(36)19-23(38)17-36/h1,8-9,15-16,18,23,29,42,47H,4-7,10-14,17,19-21H2,2H3/t23-,29-,36+,37-/m1/s1. The van der Waals surface area contributed by atoms with E-state index in [0.717, 1.165) is 38.6 Å². The average Bonchev–Trinajstić information content (AvgIpc) is 3.85. The number of pyridine rings is 1. The molecule has 4 fully saturated rings. The third-order valence-electron chi connectivity index (χ3n) is 11.1. The monoisotopic (exact) mass is 672 g/mol. The van der Waals surface area contributed by atoms with Gasteiger partial charge < -0.3 is 24.8 Å². The Balaban J connectivity index is 1.27. The Morgan fingerprint density at radius 2 is 2.08 bits per heavy atom. The summed E-state index contributed by atoms with van der Waals surface area (Å²) in [5.41, 5.74) is -0.898. The summed E-state index contributed by atoms with van der Waals surface area (Å²) >= 11 is 0. The zero-order valence-electron chi connectivity index (χ0n) is 27.4. The second-order valence-corrected chi connectivity index (χ2v) is 13.9. The Labute approximate surface area is 282 Å². The van der Waals surface area contributed by atoms with Gasteiger partial charge in [-0.15, -0.1) is 6.42 Å². The predicted molar refractivity (Wildman–Crippen MR) is 181 cm³/mol. The number of ether oxygens (including phenoxy) is 2.